The molecule has 1 aliphatic rings. The van der Waals surface area contributed by atoms with E-state index in [1.54, 1.807) is 6.08 Å². The Morgan fingerprint density at radius 3 is 2.50 bits per heavy atom. The second-order valence-corrected chi connectivity index (χ2v) is 2.71. The molecule has 1 aliphatic heterocycles. The SMILES string of the molecule is O.SC1=CC(S)=NN(S)N1. The molecular weight excluding hydrogens is 190 g/mol. The van der Waals surface area contributed by atoms with Gasteiger partial charge in [0.15, 0.2) is 0 Å². The first kappa shape index (κ1) is 10.0. The monoisotopic (exact) mass is 197 g/mol. The molecule has 4 nitrogen and oxygen atoms in total. The van der Waals surface area contributed by atoms with Gasteiger partial charge in [-0.25, -0.2) is 0 Å². The molecule has 1 heterocycles. The van der Waals surface area contributed by atoms with E-state index in [0.29, 0.717) is 10.1 Å². The van der Waals surface area contributed by atoms with E-state index in [0.717, 1.165) is 0 Å². The summed E-state index contributed by atoms with van der Waals surface area (Å²) in [5.74, 6) is 0. The smallest absolute Gasteiger partial charge is 0.119 e. The van der Waals surface area contributed by atoms with Crippen LogP contribution in [0.4, 0.5) is 0 Å². The van der Waals surface area contributed by atoms with Crippen molar-refractivity contribution in [1.29, 1.82) is 0 Å². The van der Waals surface area contributed by atoms with Gasteiger partial charge in [0, 0.05) is 6.08 Å². The molecule has 7 heteroatoms. The average molecular weight is 197 g/mol. The number of nitrogens with zero attached hydrogens (tertiary/aromatic N) is 2. The zero-order chi connectivity index (χ0) is 6.85. The van der Waals surface area contributed by atoms with E-state index in [1.807, 2.05) is 0 Å². The summed E-state index contributed by atoms with van der Waals surface area (Å²) < 4.78 is 1.24. The summed E-state index contributed by atoms with van der Waals surface area (Å²) in [5, 5.41) is 5.02. The normalized spacial score (nSPS) is 16.5. The van der Waals surface area contributed by atoms with Crippen LogP contribution in [0.1, 0.15) is 0 Å². The molecular formula is C3H7N3OS3. The highest BCUT2D eigenvalue weighted by Crippen LogP contribution is 2.08. The van der Waals surface area contributed by atoms with Crippen LogP contribution in [0, 0.1) is 0 Å². The topological polar surface area (TPSA) is 59.1 Å². The van der Waals surface area contributed by atoms with E-state index in [2.05, 4.69) is 48.6 Å². The molecule has 0 aromatic heterocycles. The van der Waals surface area contributed by atoms with Crippen LogP contribution in [-0.4, -0.2) is 15.0 Å². The third-order valence-electron chi connectivity index (χ3n) is 0.678. The van der Waals surface area contributed by atoms with Crippen molar-refractivity contribution in [2.75, 3.05) is 0 Å². The fourth-order valence-electron chi connectivity index (χ4n) is 0.408. The van der Waals surface area contributed by atoms with Gasteiger partial charge in [0.2, 0.25) is 0 Å². The number of hydrazine groups is 1. The molecule has 0 unspecified atom stereocenters. The summed E-state index contributed by atoms with van der Waals surface area (Å²) in [7, 11) is 0. The van der Waals surface area contributed by atoms with Crippen molar-refractivity contribution < 1.29 is 5.48 Å². The lowest BCUT2D eigenvalue weighted by atomic mass is 10.6. The number of nitrogens with one attached hydrogen (secondary N) is 1. The summed E-state index contributed by atoms with van der Waals surface area (Å²) in [6, 6.07) is 0. The lowest BCUT2D eigenvalue weighted by molar-refractivity contribution is 0.432. The van der Waals surface area contributed by atoms with Gasteiger partial charge in [0.05, 0.1) is 5.03 Å². The molecule has 58 valence electrons. The number of hydrogen-bond acceptors (Lipinski definition) is 5. The molecule has 1 rings (SSSR count). The van der Waals surface area contributed by atoms with Crippen LogP contribution in [0.15, 0.2) is 16.2 Å². The average Bonchev–Trinajstić information content (AvgIpc) is 1.59. The summed E-state index contributed by atoms with van der Waals surface area (Å²) in [6.07, 6.45) is 1.68. The van der Waals surface area contributed by atoms with Crippen molar-refractivity contribution in [3.8, 4) is 0 Å². The van der Waals surface area contributed by atoms with Gasteiger partial charge in [-0.2, -0.15) is 0 Å². The zero-order valence-electron chi connectivity index (χ0n) is 4.81. The van der Waals surface area contributed by atoms with Crippen molar-refractivity contribution >= 4 is 43.1 Å². The molecule has 10 heavy (non-hydrogen) atoms. The minimum Gasteiger partial charge on any atom is -0.412 e. The fraction of sp³-hybridized carbons (Fsp3) is 0. The Labute approximate surface area is 75.0 Å². The zero-order valence-corrected chi connectivity index (χ0v) is 7.50. The Hall–Kier alpha value is 0.0200. The third-order valence-corrected chi connectivity index (χ3v) is 1.31. The Balaban J connectivity index is 0.000000810. The molecule has 0 spiro atoms. The molecule has 3 N–H and O–H groups in total. The van der Waals surface area contributed by atoms with Crippen LogP contribution < -0.4 is 5.43 Å². The second-order valence-electron chi connectivity index (χ2n) is 1.39. The van der Waals surface area contributed by atoms with Crippen molar-refractivity contribution in [3.05, 3.63) is 11.1 Å². The first-order valence-electron chi connectivity index (χ1n) is 2.12. The first-order valence-corrected chi connectivity index (χ1v) is 3.42. The second kappa shape index (κ2) is 4.02. The number of hydrazone groups is 1. The van der Waals surface area contributed by atoms with Crippen molar-refractivity contribution in [3.63, 3.8) is 0 Å². The van der Waals surface area contributed by atoms with E-state index in [1.165, 1.54) is 4.52 Å². The van der Waals surface area contributed by atoms with Gasteiger partial charge >= 0.3 is 0 Å². The van der Waals surface area contributed by atoms with Crippen molar-refractivity contribution in [2.24, 2.45) is 5.10 Å². The fourth-order valence-corrected chi connectivity index (χ4v) is 1.30. The molecule has 0 saturated carbocycles. The number of rotatable bonds is 0. The van der Waals surface area contributed by atoms with E-state index in [9.17, 15) is 0 Å². The molecule has 0 aromatic carbocycles. The summed E-state index contributed by atoms with van der Waals surface area (Å²) >= 11 is 11.9. The van der Waals surface area contributed by atoms with E-state index >= 15 is 0 Å². The van der Waals surface area contributed by atoms with Gasteiger partial charge in [-0.1, -0.05) is 0 Å². The van der Waals surface area contributed by atoms with Crippen LogP contribution in [0.5, 0.6) is 0 Å². The van der Waals surface area contributed by atoms with Gasteiger partial charge < -0.3 is 5.48 Å². The Kier molecular flexibility index (Phi) is 4.02. The van der Waals surface area contributed by atoms with Gasteiger partial charge in [0.1, 0.15) is 5.04 Å². The Bertz CT molecular complexity index is 180. The summed E-state index contributed by atoms with van der Waals surface area (Å²) in [5.41, 5.74) is 2.70. The molecule has 0 aliphatic carbocycles. The van der Waals surface area contributed by atoms with Crippen LogP contribution in [0.25, 0.3) is 0 Å². The van der Waals surface area contributed by atoms with Crippen molar-refractivity contribution in [2.45, 2.75) is 0 Å². The maximum atomic E-state index is 4.01. The van der Waals surface area contributed by atoms with Crippen molar-refractivity contribution in [1.82, 2.24) is 9.95 Å². The van der Waals surface area contributed by atoms with Gasteiger partial charge in [0.25, 0.3) is 0 Å². The highest BCUT2D eigenvalue weighted by atomic mass is 32.1. The van der Waals surface area contributed by atoms with Crippen LogP contribution >= 0.6 is 38.1 Å². The highest BCUT2D eigenvalue weighted by molar-refractivity contribution is 7.97. The van der Waals surface area contributed by atoms with Crippen LogP contribution in [0.2, 0.25) is 0 Å². The molecule has 0 fully saturated rings. The quantitative estimate of drug-likeness (QED) is 0.408. The number of thiol groups is 3. The van der Waals surface area contributed by atoms with Gasteiger partial charge in [-0.3, -0.25) is 5.43 Å². The summed E-state index contributed by atoms with van der Waals surface area (Å²) in [6.45, 7) is 0. The lowest BCUT2D eigenvalue weighted by Gasteiger charge is -2.17. The Morgan fingerprint density at radius 2 is 2.10 bits per heavy atom. The maximum Gasteiger partial charge on any atom is 0.119 e. The molecule has 0 saturated heterocycles. The molecule has 0 radical (unpaired) electrons. The minimum atomic E-state index is 0. The van der Waals surface area contributed by atoms with Crippen LogP contribution in [-0.2, 0) is 0 Å². The maximum absolute atomic E-state index is 4.01. The van der Waals surface area contributed by atoms with Crippen LogP contribution in [0.3, 0.4) is 0 Å². The molecule has 0 bridgehead atoms. The Morgan fingerprint density at radius 1 is 1.50 bits per heavy atom. The van der Waals surface area contributed by atoms with E-state index in [-0.39, 0.29) is 5.48 Å². The molecule has 0 amide bonds. The lowest BCUT2D eigenvalue weighted by Crippen LogP contribution is -2.26. The van der Waals surface area contributed by atoms with Gasteiger partial charge in [-0.05, 0) is 12.8 Å². The summed E-state index contributed by atoms with van der Waals surface area (Å²) in [4.78, 5) is 0. The number of hydrogen-bond donors (Lipinski definition) is 4. The molecule has 0 aromatic rings. The van der Waals surface area contributed by atoms with E-state index in [4.69, 9.17) is 0 Å². The minimum absolute atomic E-state index is 0. The first-order chi connectivity index (χ1) is 4.18. The predicted octanol–water partition coefficient (Wildman–Crippen LogP) is -0.159. The largest absolute Gasteiger partial charge is 0.412 e. The standard InChI is InChI=1S/C3H5N3S3.H2O/c7-2-1-3(8)5-6(9)4-2;/h1,4,7,9H,(H,5,8);1H2. The predicted molar refractivity (Wildman–Crippen MR) is 51.1 cm³/mol. The highest BCUT2D eigenvalue weighted by Gasteiger charge is 2.02. The van der Waals surface area contributed by atoms with E-state index < -0.39 is 0 Å². The van der Waals surface area contributed by atoms with Gasteiger partial charge in [-0.15, -0.1) is 34.9 Å². The molecule has 0 atom stereocenters. The third kappa shape index (κ3) is 2.74.